The van der Waals surface area contributed by atoms with Crippen LogP contribution in [0.5, 0.6) is 17.2 Å². The van der Waals surface area contributed by atoms with Crippen LogP contribution < -0.4 is 24.4 Å². The van der Waals surface area contributed by atoms with Crippen molar-refractivity contribution >= 4 is 23.4 Å². The van der Waals surface area contributed by atoms with Crippen molar-refractivity contribution in [2.75, 3.05) is 31.0 Å². The maximum Gasteiger partial charge on any atom is 0.262 e. The van der Waals surface area contributed by atoms with Gasteiger partial charge in [0.05, 0.1) is 25.5 Å². The second-order valence-electron chi connectivity index (χ2n) is 7.35. The number of amides is 1. The number of fused-ring (bicyclic) bond motifs is 2. The van der Waals surface area contributed by atoms with Gasteiger partial charge in [0.2, 0.25) is 0 Å². The molecular formula is C25H22N2O4. The van der Waals surface area contributed by atoms with Crippen molar-refractivity contribution in [1.29, 1.82) is 0 Å². The maximum absolute atomic E-state index is 13.7. The Morgan fingerprint density at radius 2 is 1.81 bits per heavy atom. The number of carbonyl (C=O) groups is 1. The van der Waals surface area contributed by atoms with Crippen LogP contribution in [0.4, 0.5) is 11.4 Å². The van der Waals surface area contributed by atoms with Crippen molar-refractivity contribution in [1.82, 2.24) is 0 Å². The number of benzene rings is 3. The van der Waals surface area contributed by atoms with E-state index in [4.69, 9.17) is 14.2 Å². The van der Waals surface area contributed by atoms with Gasteiger partial charge in [-0.15, -0.1) is 0 Å². The van der Waals surface area contributed by atoms with Crippen molar-refractivity contribution in [3.8, 4) is 17.2 Å². The molecule has 1 atom stereocenters. The van der Waals surface area contributed by atoms with Crippen molar-refractivity contribution in [3.63, 3.8) is 0 Å². The first kappa shape index (κ1) is 19.1. The molecule has 0 fully saturated rings. The molecule has 2 aliphatic heterocycles. The first-order valence-corrected chi connectivity index (χ1v) is 10.0. The topological polar surface area (TPSA) is 60.0 Å². The second kappa shape index (κ2) is 7.72. The lowest BCUT2D eigenvalue weighted by Crippen LogP contribution is -2.51. The van der Waals surface area contributed by atoms with Crippen LogP contribution in [0, 0.1) is 0 Å². The van der Waals surface area contributed by atoms with E-state index in [0.29, 0.717) is 29.4 Å². The number of carbonyl (C=O) groups excluding carboxylic acids is 1. The fourth-order valence-electron chi connectivity index (χ4n) is 4.04. The summed E-state index contributed by atoms with van der Waals surface area (Å²) in [4.78, 5) is 15.4. The zero-order chi connectivity index (χ0) is 21.4. The van der Waals surface area contributed by atoms with Crippen LogP contribution in [0.3, 0.4) is 0 Å². The molecule has 0 spiro atoms. The summed E-state index contributed by atoms with van der Waals surface area (Å²) in [5.41, 5.74) is 3.98. The van der Waals surface area contributed by atoms with E-state index < -0.39 is 6.17 Å². The van der Waals surface area contributed by atoms with Crippen LogP contribution in [0.15, 0.2) is 72.3 Å². The van der Waals surface area contributed by atoms with Gasteiger partial charge in [0.15, 0.2) is 0 Å². The highest BCUT2D eigenvalue weighted by Gasteiger charge is 2.37. The fourth-order valence-corrected chi connectivity index (χ4v) is 4.04. The third kappa shape index (κ3) is 3.26. The molecule has 0 aromatic heterocycles. The minimum absolute atomic E-state index is 0.109. The van der Waals surface area contributed by atoms with Gasteiger partial charge in [0.1, 0.15) is 30.0 Å². The van der Waals surface area contributed by atoms with Gasteiger partial charge in [0, 0.05) is 22.9 Å². The van der Waals surface area contributed by atoms with Gasteiger partial charge in [-0.3, -0.25) is 9.69 Å². The Kier molecular flexibility index (Phi) is 4.75. The Hall–Kier alpha value is -3.93. The molecule has 5 rings (SSSR count). The van der Waals surface area contributed by atoms with E-state index in [9.17, 15) is 4.79 Å². The second-order valence-corrected chi connectivity index (χ2v) is 7.35. The molecule has 0 aliphatic carbocycles. The average molecular weight is 414 g/mol. The van der Waals surface area contributed by atoms with Crippen LogP contribution in [0.1, 0.15) is 15.9 Å². The lowest BCUT2D eigenvalue weighted by molar-refractivity contribution is 0.0977. The lowest BCUT2D eigenvalue weighted by Gasteiger charge is -2.40. The number of anilines is 2. The standard InChI is InChI=1S/C25H22N2O4/c1-29-18-11-12-21(23(14-18)30-2)27-24(26-20-9-5-4-8-19(20)25(27)28)17-13-16-7-3-6-10-22(16)31-15-17/h3-14,24,26H,15H2,1-2H3/t24-/m0/s1. The van der Waals surface area contributed by atoms with E-state index in [-0.39, 0.29) is 5.91 Å². The van der Waals surface area contributed by atoms with E-state index in [0.717, 1.165) is 22.6 Å². The molecule has 0 radical (unpaired) electrons. The van der Waals surface area contributed by atoms with Gasteiger partial charge in [0.25, 0.3) is 5.91 Å². The average Bonchev–Trinajstić information content (AvgIpc) is 2.83. The molecule has 2 heterocycles. The predicted octanol–water partition coefficient (Wildman–Crippen LogP) is 4.58. The number of para-hydroxylation sites is 2. The Morgan fingerprint density at radius 1 is 1.00 bits per heavy atom. The van der Waals surface area contributed by atoms with Gasteiger partial charge in [-0.25, -0.2) is 0 Å². The summed E-state index contributed by atoms with van der Waals surface area (Å²) < 4.78 is 16.9. The molecule has 0 saturated carbocycles. The molecule has 6 heteroatoms. The summed E-state index contributed by atoms with van der Waals surface area (Å²) in [7, 11) is 3.19. The van der Waals surface area contributed by atoms with E-state index in [1.165, 1.54) is 0 Å². The molecule has 2 aliphatic rings. The minimum atomic E-state index is -0.432. The number of rotatable bonds is 4. The van der Waals surface area contributed by atoms with E-state index in [1.54, 1.807) is 25.2 Å². The summed E-state index contributed by atoms with van der Waals surface area (Å²) in [6.07, 6.45) is 1.65. The number of hydrogen-bond acceptors (Lipinski definition) is 5. The highest BCUT2D eigenvalue weighted by atomic mass is 16.5. The van der Waals surface area contributed by atoms with Gasteiger partial charge in [-0.05, 0) is 36.4 Å². The number of hydrogen-bond donors (Lipinski definition) is 1. The highest BCUT2D eigenvalue weighted by Crippen LogP contribution is 2.40. The predicted molar refractivity (Wildman–Crippen MR) is 120 cm³/mol. The van der Waals surface area contributed by atoms with Crippen LogP contribution in [-0.4, -0.2) is 32.9 Å². The molecular weight excluding hydrogens is 392 g/mol. The third-order valence-corrected chi connectivity index (χ3v) is 5.58. The molecule has 0 bridgehead atoms. The molecule has 1 N–H and O–H groups in total. The van der Waals surface area contributed by atoms with Crippen molar-refractivity contribution in [2.45, 2.75) is 6.17 Å². The van der Waals surface area contributed by atoms with E-state index in [2.05, 4.69) is 11.4 Å². The Balaban J connectivity index is 1.65. The summed E-state index contributed by atoms with van der Waals surface area (Å²) in [5.74, 6) is 1.94. The van der Waals surface area contributed by atoms with Gasteiger partial charge in [-0.2, -0.15) is 0 Å². The smallest absolute Gasteiger partial charge is 0.262 e. The number of ether oxygens (including phenoxy) is 3. The van der Waals surface area contributed by atoms with Crippen LogP contribution in [0.2, 0.25) is 0 Å². The largest absolute Gasteiger partial charge is 0.497 e. The summed E-state index contributed by atoms with van der Waals surface area (Å²) in [5, 5.41) is 3.53. The van der Waals surface area contributed by atoms with Crippen LogP contribution in [0.25, 0.3) is 6.08 Å². The molecule has 3 aromatic carbocycles. The summed E-state index contributed by atoms with van der Waals surface area (Å²) in [6, 6.07) is 20.8. The molecule has 31 heavy (non-hydrogen) atoms. The zero-order valence-electron chi connectivity index (χ0n) is 17.3. The molecule has 0 saturated heterocycles. The van der Waals surface area contributed by atoms with Gasteiger partial charge in [-0.1, -0.05) is 30.3 Å². The number of nitrogens with zero attached hydrogens (tertiary/aromatic N) is 1. The first-order valence-electron chi connectivity index (χ1n) is 10.0. The van der Waals surface area contributed by atoms with Crippen LogP contribution in [-0.2, 0) is 0 Å². The Morgan fingerprint density at radius 3 is 2.65 bits per heavy atom. The first-order chi connectivity index (χ1) is 15.2. The molecule has 156 valence electrons. The monoisotopic (exact) mass is 414 g/mol. The summed E-state index contributed by atoms with van der Waals surface area (Å²) >= 11 is 0. The van der Waals surface area contributed by atoms with E-state index >= 15 is 0 Å². The molecule has 0 unspecified atom stereocenters. The quantitative estimate of drug-likeness (QED) is 0.677. The highest BCUT2D eigenvalue weighted by molar-refractivity contribution is 6.13. The number of methoxy groups -OCH3 is 2. The molecule has 1 amide bonds. The normalized spacial score (nSPS) is 17.0. The SMILES string of the molecule is COc1ccc(N2C(=O)c3ccccc3N[C@@H]2C2=Cc3ccccc3OC2)c(OC)c1. The van der Waals surface area contributed by atoms with Crippen molar-refractivity contribution < 1.29 is 19.0 Å². The fraction of sp³-hybridized carbons (Fsp3) is 0.160. The Labute approximate surface area is 180 Å². The number of nitrogens with one attached hydrogen (secondary N) is 1. The van der Waals surface area contributed by atoms with E-state index in [1.807, 2.05) is 60.7 Å². The Bertz CT molecular complexity index is 1190. The molecule has 6 nitrogen and oxygen atoms in total. The van der Waals surface area contributed by atoms with Crippen LogP contribution >= 0.6 is 0 Å². The zero-order valence-corrected chi connectivity index (χ0v) is 17.3. The lowest BCUT2D eigenvalue weighted by atomic mass is 9.99. The van der Waals surface area contributed by atoms with Gasteiger partial charge >= 0.3 is 0 Å². The molecule has 3 aromatic rings. The summed E-state index contributed by atoms with van der Waals surface area (Å²) in [6.45, 7) is 0.374. The maximum atomic E-state index is 13.7. The van der Waals surface area contributed by atoms with Gasteiger partial charge < -0.3 is 19.5 Å². The van der Waals surface area contributed by atoms with Crippen molar-refractivity contribution in [2.24, 2.45) is 0 Å². The minimum Gasteiger partial charge on any atom is -0.497 e. The van der Waals surface area contributed by atoms with Crippen molar-refractivity contribution in [3.05, 3.63) is 83.4 Å². The third-order valence-electron chi connectivity index (χ3n) is 5.58.